The number of hydrogen-bond donors (Lipinski definition) is 0. The molecule has 0 N–H and O–H groups in total. The summed E-state index contributed by atoms with van der Waals surface area (Å²) in [5.74, 6) is 1.50. The molecule has 0 aliphatic carbocycles. The van der Waals surface area contributed by atoms with Crippen LogP contribution in [0.3, 0.4) is 0 Å². The number of aryl methyl sites for hydroxylation is 3. The van der Waals surface area contributed by atoms with Gasteiger partial charge in [0.25, 0.3) is 0 Å². The minimum atomic E-state index is 0. The molecular formula is C19H16IrN3O-. The van der Waals surface area contributed by atoms with Crippen LogP contribution in [0.5, 0.6) is 0 Å². The Bertz CT molecular complexity index is 996. The van der Waals surface area contributed by atoms with Gasteiger partial charge in [-0.15, -0.1) is 17.7 Å². The molecule has 0 saturated heterocycles. The fourth-order valence-corrected chi connectivity index (χ4v) is 2.98. The topological polar surface area (TPSA) is 43.9 Å². The third kappa shape index (κ3) is 2.70. The van der Waals surface area contributed by atoms with E-state index in [-0.39, 0.29) is 20.1 Å². The summed E-state index contributed by atoms with van der Waals surface area (Å²) in [7, 11) is 0. The third-order valence-electron chi connectivity index (χ3n) is 3.99. The van der Waals surface area contributed by atoms with Crippen LogP contribution in [0.15, 0.2) is 47.1 Å². The zero-order chi connectivity index (χ0) is 16.0. The number of fused-ring (bicyclic) bond motifs is 1. The molecule has 0 atom stereocenters. The van der Waals surface area contributed by atoms with E-state index in [0.717, 1.165) is 28.2 Å². The fourth-order valence-electron chi connectivity index (χ4n) is 2.98. The molecule has 2 aromatic heterocycles. The number of aromatic nitrogens is 3. The summed E-state index contributed by atoms with van der Waals surface area (Å²) in [5, 5.41) is 0. The molecule has 4 rings (SSSR count). The van der Waals surface area contributed by atoms with Gasteiger partial charge in [-0.3, -0.25) is 9.97 Å². The van der Waals surface area contributed by atoms with Crippen LogP contribution in [0.2, 0.25) is 0 Å². The molecule has 4 nitrogen and oxygen atoms in total. The second-order valence-electron chi connectivity index (χ2n) is 5.69. The number of rotatable bonds is 2. The number of nitrogens with zero attached hydrogens (tertiary/aromatic N) is 3. The smallest absolute Gasteiger partial charge is 0.180 e. The molecule has 123 valence electrons. The van der Waals surface area contributed by atoms with Crippen LogP contribution in [0.25, 0.3) is 28.2 Å². The van der Waals surface area contributed by atoms with Crippen molar-refractivity contribution >= 4 is 11.1 Å². The van der Waals surface area contributed by atoms with E-state index in [0.29, 0.717) is 5.89 Å². The zero-order valence-corrected chi connectivity index (χ0v) is 16.0. The molecule has 24 heavy (non-hydrogen) atoms. The van der Waals surface area contributed by atoms with Gasteiger partial charge in [0.2, 0.25) is 0 Å². The standard InChI is InChI=1S/C19H16N3O.Ir/c1-12-5-4-6-13(2)18(12)22-10-9-20-19(22)15-7-8-16-17(11-15)23-14(3)21-16;/h4-6,8-11H,1-3H3;/q-1;. The zero-order valence-electron chi connectivity index (χ0n) is 13.6. The summed E-state index contributed by atoms with van der Waals surface area (Å²) in [6, 6.07) is 13.4. The summed E-state index contributed by atoms with van der Waals surface area (Å²) in [6.07, 6.45) is 3.79. The molecular weight excluding hydrogens is 478 g/mol. The van der Waals surface area contributed by atoms with Crippen molar-refractivity contribution in [2.45, 2.75) is 20.8 Å². The maximum absolute atomic E-state index is 5.63. The number of imidazole rings is 1. The fraction of sp³-hybridized carbons (Fsp3) is 0.158. The monoisotopic (exact) mass is 495 g/mol. The molecule has 0 aliphatic rings. The molecule has 4 aromatic rings. The van der Waals surface area contributed by atoms with Gasteiger partial charge in [-0.05, 0) is 25.0 Å². The largest absolute Gasteiger partial charge is 0.461 e. The Morgan fingerprint density at radius 2 is 1.88 bits per heavy atom. The molecule has 0 fully saturated rings. The molecule has 0 amide bonds. The maximum atomic E-state index is 5.63. The van der Waals surface area contributed by atoms with E-state index in [4.69, 9.17) is 4.42 Å². The second kappa shape index (κ2) is 6.34. The summed E-state index contributed by atoms with van der Waals surface area (Å²) in [4.78, 5) is 8.85. The van der Waals surface area contributed by atoms with Crippen LogP contribution < -0.4 is 0 Å². The van der Waals surface area contributed by atoms with Gasteiger partial charge >= 0.3 is 0 Å². The minimum absolute atomic E-state index is 0. The van der Waals surface area contributed by atoms with E-state index in [2.05, 4.69) is 52.6 Å². The average Bonchev–Trinajstić information content (AvgIpc) is 3.11. The van der Waals surface area contributed by atoms with Crippen molar-refractivity contribution in [1.82, 2.24) is 14.5 Å². The maximum Gasteiger partial charge on any atom is 0.180 e. The molecule has 0 aliphatic heterocycles. The first-order valence-corrected chi connectivity index (χ1v) is 7.52. The van der Waals surface area contributed by atoms with E-state index >= 15 is 0 Å². The van der Waals surface area contributed by atoms with Gasteiger partial charge in [-0.25, -0.2) is 0 Å². The Hall–Kier alpha value is -2.23. The summed E-state index contributed by atoms with van der Waals surface area (Å²) < 4.78 is 7.73. The predicted molar refractivity (Wildman–Crippen MR) is 89.6 cm³/mol. The van der Waals surface area contributed by atoms with Crippen LogP contribution in [0, 0.1) is 26.8 Å². The van der Waals surface area contributed by atoms with E-state index in [1.807, 2.05) is 31.5 Å². The Morgan fingerprint density at radius 3 is 2.62 bits per heavy atom. The Labute approximate surface area is 153 Å². The van der Waals surface area contributed by atoms with Gasteiger partial charge in [0.05, 0.1) is 11.4 Å². The van der Waals surface area contributed by atoms with Gasteiger partial charge in [0.1, 0.15) is 0 Å². The first kappa shape index (κ1) is 16.6. The third-order valence-corrected chi connectivity index (χ3v) is 3.99. The molecule has 5 heteroatoms. The van der Waals surface area contributed by atoms with Crippen molar-refractivity contribution in [1.29, 1.82) is 0 Å². The number of para-hydroxylation sites is 1. The van der Waals surface area contributed by atoms with E-state index < -0.39 is 0 Å². The first-order chi connectivity index (χ1) is 11.1. The summed E-state index contributed by atoms with van der Waals surface area (Å²) in [5.41, 5.74) is 6.04. The molecule has 2 heterocycles. The summed E-state index contributed by atoms with van der Waals surface area (Å²) >= 11 is 0. The summed E-state index contributed by atoms with van der Waals surface area (Å²) in [6.45, 7) is 6.06. The van der Waals surface area contributed by atoms with Crippen molar-refractivity contribution in [3.05, 3.63) is 65.8 Å². The van der Waals surface area contributed by atoms with Gasteiger partial charge < -0.3 is 8.98 Å². The number of hydrogen-bond acceptors (Lipinski definition) is 3. The molecule has 0 spiro atoms. The van der Waals surface area contributed by atoms with Gasteiger partial charge in [0.15, 0.2) is 5.89 Å². The van der Waals surface area contributed by atoms with Gasteiger partial charge in [-0.2, -0.15) is 0 Å². The van der Waals surface area contributed by atoms with Crippen LogP contribution in [-0.2, 0) is 20.1 Å². The Morgan fingerprint density at radius 1 is 1.12 bits per heavy atom. The molecule has 1 radical (unpaired) electrons. The van der Waals surface area contributed by atoms with E-state index in [1.54, 1.807) is 0 Å². The van der Waals surface area contributed by atoms with Gasteiger partial charge in [0, 0.05) is 50.6 Å². The van der Waals surface area contributed by atoms with E-state index in [1.165, 1.54) is 11.1 Å². The Balaban J connectivity index is 0.00000169. The van der Waals surface area contributed by atoms with Crippen molar-refractivity contribution in [3.63, 3.8) is 0 Å². The molecule has 0 saturated carbocycles. The average molecular weight is 495 g/mol. The quantitative estimate of drug-likeness (QED) is 0.388. The van der Waals surface area contributed by atoms with Gasteiger partial charge in [-0.1, -0.05) is 24.3 Å². The number of benzene rings is 2. The van der Waals surface area contributed by atoms with Crippen molar-refractivity contribution in [2.24, 2.45) is 0 Å². The van der Waals surface area contributed by atoms with Crippen molar-refractivity contribution in [3.8, 4) is 17.1 Å². The van der Waals surface area contributed by atoms with Crippen LogP contribution >= 0.6 is 0 Å². The normalized spacial score (nSPS) is 10.8. The Kier molecular flexibility index (Phi) is 4.39. The van der Waals surface area contributed by atoms with E-state index in [9.17, 15) is 0 Å². The minimum Gasteiger partial charge on any atom is -0.461 e. The predicted octanol–water partition coefficient (Wildman–Crippen LogP) is 4.40. The SMILES string of the molecule is Cc1nc2c[c-]c(-c3nccn3-c3c(C)cccc3C)cc2o1.[Ir]. The number of oxazole rings is 1. The van der Waals surface area contributed by atoms with Crippen LogP contribution in [-0.4, -0.2) is 14.5 Å². The van der Waals surface area contributed by atoms with Crippen molar-refractivity contribution in [2.75, 3.05) is 0 Å². The van der Waals surface area contributed by atoms with Crippen LogP contribution in [0.4, 0.5) is 0 Å². The molecule has 0 unspecified atom stereocenters. The van der Waals surface area contributed by atoms with Crippen molar-refractivity contribution < 1.29 is 24.5 Å². The molecule has 2 aromatic carbocycles. The van der Waals surface area contributed by atoms with Crippen LogP contribution in [0.1, 0.15) is 17.0 Å². The molecule has 0 bridgehead atoms. The second-order valence-corrected chi connectivity index (χ2v) is 5.69. The first-order valence-electron chi connectivity index (χ1n) is 7.52.